The quantitative estimate of drug-likeness (QED) is 0.359. The maximum absolute atomic E-state index is 5.44. The zero-order valence-electron chi connectivity index (χ0n) is 10.0. The topological polar surface area (TPSA) is 18.5 Å². The summed E-state index contributed by atoms with van der Waals surface area (Å²) in [6, 6.07) is 0. The number of hydrogen-bond donors (Lipinski definition) is 0. The summed E-state index contributed by atoms with van der Waals surface area (Å²) >= 11 is 0. The number of hydrogen-bond acceptors (Lipinski definition) is 2. The van der Waals surface area contributed by atoms with E-state index in [0.717, 1.165) is 0 Å². The molecule has 15 heavy (non-hydrogen) atoms. The van der Waals surface area contributed by atoms with Crippen molar-refractivity contribution < 1.29 is 9.47 Å². The molecule has 0 radical (unpaired) electrons. The van der Waals surface area contributed by atoms with Crippen molar-refractivity contribution >= 4 is 8.07 Å². The van der Waals surface area contributed by atoms with Crippen LogP contribution >= 0.6 is 0 Å². The molecule has 0 heterocycles. The van der Waals surface area contributed by atoms with Gasteiger partial charge in [-0.2, -0.15) is 0 Å². The number of ether oxygens (including phenoxy) is 2. The molecule has 0 N–H and O–H groups in total. The Hall–Kier alpha value is -0.643. The van der Waals surface area contributed by atoms with Crippen LogP contribution in [0.4, 0.5) is 0 Å². The zero-order chi connectivity index (χ0) is 11.7. The molecule has 0 saturated heterocycles. The third-order valence-corrected chi connectivity index (χ3v) is 2.70. The highest BCUT2D eigenvalue weighted by Gasteiger charge is 2.10. The molecule has 0 saturated carbocycles. The molecule has 0 spiro atoms. The van der Waals surface area contributed by atoms with E-state index in [4.69, 9.17) is 9.47 Å². The Bertz CT molecular complexity index is 204. The van der Waals surface area contributed by atoms with E-state index in [2.05, 4.69) is 38.5 Å². The predicted molar refractivity (Wildman–Crippen MR) is 68.6 cm³/mol. The van der Waals surface area contributed by atoms with Gasteiger partial charge in [0.2, 0.25) is 0 Å². The zero-order valence-corrected chi connectivity index (χ0v) is 11.0. The van der Waals surface area contributed by atoms with Crippen molar-refractivity contribution in [3.05, 3.63) is 37.1 Å². The Morgan fingerprint density at radius 1 is 1.07 bits per heavy atom. The van der Waals surface area contributed by atoms with Gasteiger partial charge in [-0.05, 0) is 6.08 Å². The van der Waals surface area contributed by atoms with Crippen molar-refractivity contribution in [1.82, 2.24) is 0 Å². The van der Waals surface area contributed by atoms with Crippen LogP contribution in [-0.4, -0.2) is 27.6 Å². The average molecular weight is 226 g/mol. The normalized spacial score (nSPS) is 12.3. The smallest absolute Gasteiger partial charge is 0.177 e. The fourth-order valence-electron chi connectivity index (χ4n) is 0.852. The lowest BCUT2D eigenvalue weighted by Gasteiger charge is -2.15. The summed E-state index contributed by atoms with van der Waals surface area (Å²) < 4.78 is 10.9. The highest BCUT2D eigenvalue weighted by Crippen LogP contribution is 2.05. The highest BCUT2D eigenvalue weighted by molar-refractivity contribution is 6.80. The third-order valence-electron chi connectivity index (χ3n) is 1.51. The fourth-order valence-corrected chi connectivity index (χ4v) is 1.59. The van der Waals surface area contributed by atoms with Crippen molar-refractivity contribution in [2.75, 3.05) is 13.2 Å². The van der Waals surface area contributed by atoms with Crippen molar-refractivity contribution in [2.45, 2.75) is 25.9 Å². The minimum atomic E-state index is -1.19. The van der Waals surface area contributed by atoms with Gasteiger partial charge in [0.15, 0.2) is 6.29 Å². The molecule has 0 atom stereocenters. The Balaban J connectivity index is 4.15. The van der Waals surface area contributed by atoms with E-state index in [9.17, 15) is 0 Å². The van der Waals surface area contributed by atoms with E-state index < -0.39 is 8.07 Å². The van der Waals surface area contributed by atoms with Crippen molar-refractivity contribution in [3.8, 4) is 0 Å². The van der Waals surface area contributed by atoms with Gasteiger partial charge in [0, 0.05) is 0 Å². The van der Waals surface area contributed by atoms with Crippen LogP contribution in [0.25, 0.3) is 0 Å². The first-order valence-electron chi connectivity index (χ1n) is 5.14. The molecule has 0 aromatic heterocycles. The molecular weight excluding hydrogens is 204 g/mol. The van der Waals surface area contributed by atoms with Crippen LogP contribution in [0.1, 0.15) is 0 Å². The van der Waals surface area contributed by atoms with Gasteiger partial charge in [-0.25, -0.2) is 0 Å². The lowest BCUT2D eigenvalue weighted by Crippen LogP contribution is -2.20. The Kier molecular flexibility index (Phi) is 7.30. The maximum Gasteiger partial charge on any atom is 0.177 e. The van der Waals surface area contributed by atoms with Gasteiger partial charge in [0.25, 0.3) is 0 Å². The van der Waals surface area contributed by atoms with Crippen LogP contribution in [0.5, 0.6) is 0 Å². The summed E-state index contributed by atoms with van der Waals surface area (Å²) in [5.74, 6) is 0. The van der Waals surface area contributed by atoms with Gasteiger partial charge in [-0.15, -0.1) is 13.2 Å². The van der Waals surface area contributed by atoms with Gasteiger partial charge in [-0.3, -0.25) is 0 Å². The first-order chi connectivity index (χ1) is 6.99. The molecule has 0 fully saturated rings. The number of rotatable bonds is 8. The van der Waals surface area contributed by atoms with E-state index in [-0.39, 0.29) is 6.29 Å². The van der Waals surface area contributed by atoms with Gasteiger partial charge in [-0.1, -0.05) is 37.5 Å². The maximum atomic E-state index is 5.44. The second-order valence-electron chi connectivity index (χ2n) is 4.34. The lowest BCUT2D eigenvalue weighted by molar-refractivity contribution is -0.0934. The molecule has 0 aliphatic rings. The Morgan fingerprint density at radius 2 is 1.53 bits per heavy atom. The molecule has 0 amide bonds. The molecule has 0 bridgehead atoms. The van der Waals surface area contributed by atoms with E-state index in [1.54, 1.807) is 12.2 Å². The largest absolute Gasteiger partial charge is 0.345 e. The molecule has 0 rings (SSSR count). The van der Waals surface area contributed by atoms with Crippen LogP contribution in [0.2, 0.25) is 19.6 Å². The lowest BCUT2D eigenvalue weighted by atomic mass is 10.6. The monoisotopic (exact) mass is 226 g/mol. The van der Waals surface area contributed by atoms with Gasteiger partial charge in [0.1, 0.15) is 0 Å². The van der Waals surface area contributed by atoms with E-state index in [1.165, 1.54) is 0 Å². The van der Waals surface area contributed by atoms with Crippen molar-refractivity contribution in [2.24, 2.45) is 0 Å². The molecule has 86 valence electrons. The standard InChI is InChI=1S/C12H22O2Si/c1-6-9-13-12(14-10-7-2)8-11-15(3,4)5/h6-8,11-12H,1-2,9-10H2,3-5H3/b11-8+. The summed E-state index contributed by atoms with van der Waals surface area (Å²) in [5.41, 5.74) is 2.21. The fraction of sp³-hybridized carbons (Fsp3) is 0.500. The predicted octanol–water partition coefficient (Wildman–Crippen LogP) is 3.15. The summed E-state index contributed by atoms with van der Waals surface area (Å²) in [5, 5.41) is 0. The van der Waals surface area contributed by atoms with Crippen LogP contribution in [0, 0.1) is 0 Å². The summed E-state index contributed by atoms with van der Waals surface area (Å²) in [4.78, 5) is 0. The second-order valence-corrected chi connectivity index (χ2v) is 9.40. The minimum absolute atomic E-state index is 0.285. The summed E-state index contributed by atoms with van der Waals surface area (Å²) in [7, 11) is -1.19. The molecular formula is C12H22O2Si. The first kappa shape index (κ1) is 14.4. The highest BCUT2D eigenvalue weighted by atomic mass is 28.3. The van der Waals surface area contributed by atoms with Crippen molar-refractivity contribution in [3.63, 3.8) is 0 Å². The molecule has 0 aromatic rings. The van der Waals surface area contributed by atoms with Crippen LogP contribution in [-0.2, 0) is 9.47 Å². The van der Waals surface area contributed by atoms with Crippen molar-refractivity contribution in [1.29, 1.82) is 0 Å². The Labute approximate surface area is 94.3 Å². The molecule has 0 unspecified atom stereocenters. The van der Waals surface area contributed by atoms with Crippen LogP contribution in [0.3, 0.4) is 0 Å². The van der Waals surface area contributed by atoms with E-state index >= 15 is 0 Å². The van der Waals surface area contributed by atoms with Gasteiger partial charge >= 0.3 is 0 Å². The second kappa shape index (κ2) is 7.62. The van der Waals surface area contributed by atoms with Gasteiger partial charge < -0.3 is 9.47 Å². The molecule has 2 nitrogen and oxygen atoms in total. The van der Waals surface area contributed by atoms with Gasteiger partial charge in [0.05, 0.1) is 21.3 Å². The van der Waals surface area contributed by atoms with E-state index in [1.807, 2.05) is 6.08 Å². The molecule has 0 aromatic carbocycles. The SMILES string of the molecule is C=CCOC(/C=C/[Si](C)(C)C)OCC=C. The van der Waals surface area contributed by atoms with Crippen LogP contribution < -0.4 is 0 Å². The third kappa shape index (κ3) is 9.66. The minimum Gasteiger partial charge on any atom is -0.345 e. The van der Waals surface area contributed by atoms with E-state index in [0.29, 0.717) is 13.2 Å². The molecule has 0 aliphatic heterocycles. The summed E-state index contributed by atoms with van der Waals surface area (Å²) in [6.45, 7) is 15.0. The Morgan fingerprint density at radius 3 is 1.87 bits per heavy atom. The first-order valence-corrected chi connectivity index (χ1v) is 8.71. The summed E-state index contributed by atoms with van der Waals surface area (Å²) in [6.07, 6.45) is 5.13. The average Bonchev–Trinajstić information content (AvgIpc) is 2.15. The molecule has 0 aliphatic carbocycles. The van der Waals surface area contributed by atoms with Crippen LogP contribution in [0.15, 0.2) is 37.1 Å². The molecule has 3 heteroatoms.